The molecule has 0 saturated carbocycles. The lowest BCUT2D eigenvalue weighted by atomic mass is 10.3. The average molecular weight is 394 g/mol. The molecule has 0 atom stereocenters. The molecule has 0 fully saturated rings. The maximum atomic E-state index is 11.8. The number of fused-ring (bicyclic) bond motifs is 1. The summed E-state index contributed by atoms with van der Waals surface area (Å²) in [4.78, 5) is 16.1. The largest absolute Gasteiger partial charge is 0.460 e. The minimum atomic E-state index is -1.67. The number of para-hydroxylation sites is 2. The molecule has 10 heteroatoms. The summed E-state index contributed by atoms with van der Waals surface area (Å²) in [6, 6.07) is 6.64. The van der Waals surface area contributed by atoms with Gasteiger partial charge in [0.15, 0.2) is 0 Å². The molecule has 7 nitrogen and oxygen atoms in total. The lowest BCUT2D eigenvalue weighted by Gasteiger charge is -2.15. The molecule has 0 aliphatic rings. The minimum absolute atomic E-state index is 0.0659. The third-order valence-corrected chi connectivity index (χ3v) is 3.02. The molecule has 2 aromatic rings. The number of nitrogens with one attached hydrogen (secondary N) is 2. The maximum Gasteiger partial charge on any atom is 0.414 e. The van der Waals surface area contributed by atoms with Crippen molar-refractivity contribution in [3.63, 3.8) is 0 Å². The number of carbonyl (C=O) groups is 1. The topological polar surface area (TPSA) is 89.2 Å². The van der Waals surface area contributed by atoms with Gasteiger partial charge in [0.2, 0.25) is 9.74 Å². The second-order valence-electron chi connectivity index (χ2n) is 5.05. The Hall–Kier alpha value is -1.70. The second-order valence-corrected chi connectivity index (χ2v) is 7.56. The molecule has 1 heterocycles. The highest BCUT2D eigenvalue weighted by molar-refractivity contribution is 6.67. The Morgan fingerprint density at radius 3 is 2.67 bits per heavy atom. The summed E-state index contributed by atoms with van der Waals surface area (Å²) in [7, 11) is 0. The van der Waals surface area contributed by atoms with Gasteiger partial charge in [-0.2, -0.15) is 0 Å². The number of ether oxygens (including phenoxy) is 2. The Morgan fingerprint density at radius 2 is 2.04 bits per heavy atom. The highest BCUT2D eigenvalue weighted by atomic mass is 35.6. The molecule has 0 spiro atoms. The van der Waals surface area contributed by atoms with E-state index in [1.807, 2.05) is 0 Å². The summed E-state index contributed by atoms with van der Waals surface area (Å²) in [6.07, 6.45) is -1.00. The van der Waals surface area contributed by atoms with E-state index in [0.717, 1.165) is 0 Å². The number of aromatic nitrogens is 2. The number of carbonyl (C=O) groups excluding carboxylic acids is 1. The number of alkyl halides is 3. The molecule has 1 amide bonds. The zero-order valence-electron chi connectivity index (χ0n) is 12.8. The molecule has 24 heavy (non-hydrogen) atoms. The van der Waals surface area contributed by atoms with E-state index in [4.69, 9.17) is 49.7 Å². The predicted octanol–water partition coefficient (Wildman–Crippen LogP) is 4.16. The summed E-state index contributed by atoms with van der Waals surface area (Å²) in [5, 5.41) is 10.5. The van der Waals surface area contributed by atoms with Crippen LogP contribution in [0.2, 0.25) is 0 Å². The Balaban J connectivity index is 2.33. The molecule has 130 valence electrons. The number of anilines is 1. The van der Waals surface area contributed by atoms with E-state index in [0.29, 0.717) is 11.0 Å². The van der Waals surface area contributed by atoms with Crippen LogP contribution in [-0.4, -0.2) is 38.2 Å². The van der Waals surface area contributed by atoms with Gasteiger partial charge in [-0.05, 0) is 26.0 Å². The normalized spacial score (nSPS) is 11.6. The fraction of sp³-hybridized carbons (Fsp3) is 0.357. The number of halogens is 3. The summed E-state index contributed by atoms with van der Waals surface area (Å²) in [5.74, 6) is 0.0659. The average Bonchev–Trinajstić information content (AvgIpc) is 2.80. The molecular weight excluding hydrogens is 379 g/mol. The van der Waals surface area contributed by atoms with Crippen molar-refractivity contribution in [3.8, 4) is 0 Å². The lowest BCUT2D eigenvalue weighted by molar-refractivity contribution is 0.129. The highest BCUT2D eigenvalue weighted by Crippen LogP contribution is 2.27. The lowest BCUT2D eigenvalue weighted by Crippen LogP contribution is -2.25. The zero-order chi connectivity index (χ0) is 17.9. The number of hydrogen-bond donors (Lipinski definition) is 2. The van der Waals surface area contributed by atoms with Gasteiger partial charge in [-0.15, -0.1) is 0 Å². The summed E-state index contributed by atoms with van der Waals surface area (Å²) >= 11 is 16.9. The third kappa shape index (κ3) is 4.90. The predicted molar refractivity (Wildman–Crippen MR) is 94.3 cm³/mol. The fourth-order valence-electron chi connectivity index (χ4n) is 1.86. The fourth-order valence-corrected chi connectivity index (χ4v) is 2.03. The van der Waals surface area contributed by atoms with Crippen molar-refractivity contribution in [1.29, 1.82) is 5.41 Å². The van der Waals surface area contributed by atoms with Crippen molar-refractivity contribution >= 4 is 63.9 Å². The van der Waals surface area contributed by atoms with E-state index in [1.54, 1.807) is 38.1 Å². The highest BCUT2D eigenvalue weighted by Gasteiger charge is 2.24. The SMILES string of the molecule is CC(C)OC(=O)Nc1nc2ccccc2n1C(=N)OCC(Cl)(Cl)Cl. The van der Waals surface area contributed by atoms with Crippen LogP contribution in [0.1, 0.15) is 13.8 Å². The third-order valence-electron chi connectivity index (χ3n) is 2.69. The van der Waals surface area contributed by atoms with Gasteiger partial charge in [0.1, 0.15) is 6.61 Å². The summed E-state index contributed by atoms with van der Waals surface area (Å²) in [6.45, 7) is 3.10. The van der Waals surface area contributed by atoms with E-state index < -0.39 is 9.89 Å². The van der Waals surface area contributed by atoms with Crippen LogP contribution >= 0.6 is 34.8 Å². The van der Waals surface area contributed by atoms with Gasteiger partial charge < -0.3 is 9.47 Å². The van der Waals surface area contributed by atoms with Crippen LogP contribution in [-0.2, 0) is 9.47 Å². The van der Waals surface area contributed by atoms with E-state index in [2.05, 4.69) is 10.3 Å². The molecule has 0 aliphatic heterocycles. The van der Waals surface area contributed by atoms with Gasteiger partial charge in [0, 0.05) is 0 Å². The molecule has 0 unspecified atom stereocenters. The number of amides is 1. The van der Waals surface area contributed by atoms with Crippen molar-refractivity contribution in [2.45, 2.75) is 23.7 Å². The Labute approximate surface area is 153 Å². The van der Waals surface area contributed by atoms with Crippen molar-refractivity contribution in [1.82, 2.24) is 9.55 Å². The van der Waals surface area contributed by atoms with E-state index in [1.165, 1.54) is 4.57 Å². The van der Waals surface area contributed by atoms with Crippen LogP contribution in [0.3, 0.4) is 0 Å². The summed E-state index contributed by atoms with van der Waals surface area (Å²) < 4.78 is 9.81. The van der Waals surface area contributed by atoms with E-state index in [9.17, 15) is 4.79 Å². The second kappa shape index (κ2) is 7.46. The molecule has 0 aliphatic carbocycles. The van der Waals surface area contributed by atoms with Crippen LogP contribution in [0, 0.1) is 5.41 Å². The Morgan fingerprint density at radius 1 is 1.38 bits per heavy atom. The van der Waals surface area contributed by atoms with Gasteiger partial charge in [0.25, 0.3) is 6.02 Å². The number of benzene rings is 1. The van der Waals surface area contributed by atoms with Crippen molar-refractivity contribution < 1.29 is 14.3 Å². The quantitative estimate of drug-likeness (QED) is 0.465. The molecule has 1 aromatic carbocycles. The Bertz CT molecular complexity index is 755. The van der Waals surface area contributed by atoms with Crippen LogP contribution in [0.4, 0.5) is 10.7 Å². The molecule has 0 radical (unpaired) electrons. The first-order chi connectivity index (χ1) is 11.2. The van der Waals surface area contributed by atoms with E-state index >= 15 is 0 Å². The Kier molecular flexibility index (Phi) is 5.79. The standard InChI is InChI=1S/C14H15Cl3N4O3/c1-8(2)24-13(22)20-12-19-9-5-3-4-6-10(9)21(12)11(18)23-7-14(15,16)17/h3-6,8,18H,7H2,1-2H3,(H,19,20,22). The first-order valence-corrected chi connectivity index (χ1v) is 8.04. The van der Waals surface area contributed by atoms with Crippen molar-refractivity contribution in [2.24, 2.45) is 0 Å². The van der Waals surface area contributed by atoms with Gasteiger partial charge >= 0.3 is 6.09 Å². The number of rotatable bonds is 3. The molecule has 0 bridgehead atoms. The first kappa shape index (κ1) is 18.6. The summed E-state index contributed by atoms with van der Waals surface area (Å²) in [5.41, 5.74) is 1.10. The molecule has 0 saturated heterocycles. The van der Waals surface area contributed by atoms with Gasteiger partial charge in [-0.25, -0.2) is 14.3 Å². The molecule has 1 aromatic heterocycles. The monoisotopic (exact) mass is 392 g/mol. The van der Waals surface area contributed by atoms with Crippen molar-refractivity contribution in [3.05, 3.63) is 24.3 Å². The van der Waals surface area contributed by atoms with Crippen LogP contribution in [0.5, 0.6) is 0 Å². The van der Waals surface area contributed by atoms with Crippen LogP contribution in [0.25, 0.3) is 11.0 Å². The smallest absolute Gasteiger partial charge is 0.414 e. The van der Waals surface area contributed by atoms with Crippen molar-refractivity contribution in [2.75, 3.05) is 11.9 Å². The zero-order valence-corrected chi connectivity index (χ0v) is 15.1. The maximum absolute atomic E-state index is 11.8. The number of imidazole rings is 1. The van der Waals surface area contributed by atoms with Gasteiger partial charge in [0.05, 0.1) is 17.1 Å². The molecular formula is C14H15Cl3N4O3. The number of hydrogen-bond acceptors (Lipinski definition) is 5. The van der Waals surface area contributed by atoms with E-state index in [-0.39, 0.29) is 24.7 Å². The first-order valence-electron chi connectivity index (χ1n) is 6.91. The van der Waals surface area contributed by atoms with Crippen LogP contribution in [0.15, 0.2) is 24.3 Å². The number of nitrogens with zero attached hydrogens (tertiary/aromatic N) is 2. The minimum Gasteiger partial charge on any atom is -0.460 e. The van der Waals surface area contributed by atoms with Crippen LogP contribution < -0.4 is 5.32 Å². The van der Waals surface area contributed by atoms with Gasteiger partial charge in [-0.3, -0.25) is 10.7 Å². The molecule has 2 rings (SSSR count). The molecule has 2 N–H and O–H groups in total. The van der Waals surface area contributed by atoms with Gasteiger partial charge in [-0.1, -0.05) is 46.9 Å².